The zero-order valence-electron chi connectivity index (χ0n) is 13.9. The number of carbonyl (C=O) groups excluding carboxylic acids is 1. The Labute approximate surface area is 139 Å². The maximum absolute atomic E-state index is 13.1. The van der Waals surface area contributed by atoms with Crippen LogP contribution in [0.3, 0.4) is 0 Å². The molecule has 2 fully saturated rings. The van der Waals surface area contributed by atoms with Crippen LogP contribution in [0.1, 0.15) is 64.7 Å². The Hall–Kier alpha value is -0.880. The molecule has 2 nitrogen and oxygen atoms in total. The minimum atomic E-state index is -4.93. The highest BCUT2D eigenvalue weighted by atomic mass is 19.4. The molecule has 7 heteroatoms. The van der Waals surface area contributed by atoms with Gasteiger partial charge in [-0.2, -0.15) is 13.2 Å². The first-order chi connectivity index (χ1) is 11.0. The molecule has 0 bridgehead atoms. The number of ether oxygens (including phenoxy) is 1. The van der Waals surface area contributed by atoms with E-state index in [4.69, 9.17) is 0 Å². The van der Waals surface area contributed by atoms with E-state index in [9.17, 15) is 26.7 Å². The summed E-state index contributed by atoms with van der Waals surface area (Å²) in [5.41, 5.74) is 0. The van der Waals surface area contributed by atoms with Crippen molar-refractivity contribution >= 4 is 5.97 Å². The number of esters is 1. The number of hydrogen-bond acceptors (Lipinski definition) is 2. The molecule has 2 aliphatic carbocycles. The lowest BCUT2D eigenvalue weighted by atomic mass is 9.70. The van der Waals surface area contributed by atoms with Crippen LogP contribution in [0.2, 0.25) is 0 Å². The molecule has 24 heavy (non-hydrogen) atoms. The summed E-state index contributed by atoms with van der Waals surface area (Å²) >= 11 is 0. The first kappa shape index (κ1) is 19.4. The first-order valence-corrected chi connectivity index (χ1v) is 8.70. The second kappa shape index (κ2) is 7.56. The predicted octanol–water partition coefficient (Wildman–Crippen LogP) is 5.50. The Morgan fingerprint density at radius 2 is 1.33 bits per heavy atom. The molecule has 0 aromatic heterocycles. The van der Waals surface area contributed by atoms with Gasteiger partial charge < -0.3 is 4.74 Å². The van der Waals surface area contributed by atoms with Crippen molar-refractivity contribution in [2.75, 3.05) is 0 Å². The van der Waals surface area contributed by atoms with Gasteiger partial charge in [-0.25, -0.2) is 13.6 Å². The average Bonchev–Trinajstić information content (AvgIpc) is 2.46. The Kier molecular flexibility index (Phi) is 6.13. The Balaban J connectivity index is 1.71. The highest BCUT2D eigenvalue weighted by Gasteiger charge is 2.43. The standard InChI is InChI=1S/C17H25F5O2/c1-16(18,19)10-11-2-4-12(5-3-11)13-6-8-14(9-7-13)24-15(23)17(20,21)22/h11-14H,2-10H2,1H3. The average molecular weight is 356 g/mol. The molecule has 0 saturated heterocycles. The number of hydrogen-bond donors (Lipinski definition) is 0. The fourth-order valence-corrected chi connectivity index (χ4v) is 4.27. The largest absolute Gasteiger partial charge is 0.490 e. The van der Waals surface area contributed by atoms with Crippen LogP contribution in [0.5, 0.6) is 0 Å². The van der Waals surface area contributed by atoms with Crippen molar-refractivity contribution in [3.8, 4) is 0 Å². The Morgan fingerprint density at radius 3 is 1.75 bits per heavy atom. The van der Waals surface area contributed by atoms with Crippen molar-refractivity contribution < 1.29 is 31.5 Å². The summed E-state index contributed by atoms with van der Waals surface area (Å²) in [7, 11) is 0. The van der Waals surface area contributed by atoms with E-state index in [1.807, 2.05) is 0 Å². The SMILES string of the molecule is CC(F)(F)CC1CCC(C2CCC(OC(=O)C(F)(F)F)CC2)CC1. The van der Waals surface area contributed by atoms with Crippen LogP contribution in [0.25, 0.3) is 0 Å². The van der Waals surface area contributed by atoms with Gasteiger partial charge in [-0.3, -0.25) is 0 Å². The molecule has 0 aromatic carbocycles. The van der Waals surface area contributed by atoms with E-state index in [1.54, 1.807) is 0 Å². The second-order valence-corrected chi connectivity index (χ2v) is 7.49. The zero-order valence-corrected chi connectivity index (χ0v) is 13.9. The summed E-state index contributed by atoms with van der Waals surface area (Å²) in [5, 5.41) is 0. The topological polar surface area (TPSA) is 26.3 Å². The van der Waals surface area contributed by atoms with E-state index in [2.05, 4.69) is 4.74 Å². The summed E-state index contributed by atoms with van der Waals surface area (Å²) in [6, 6.07) is 0. The third kappa shape index (κ3) is 5.88. The lowest BCUT2D eigenvalue weighted by Crippen LogP contribution is -2.34. The van der Waals surface area contributed by atoms with E-state index in [0.717, 1.165) is 45.4 Å². The molecular formula is C17H25F5O2. The van der Waals surface area contributed by atoms with Gasteiger partial charge in [0.25, 0.3) is 0 Å². The lowest BCUT2D eigenvalue weighted by Gasteiger charge is -2.38. The van der Waals surface area contributed by atoms with Gasteiger partial charge in [-0.1, -0.05) is 0 Å². The third-order valence-electron chi connectivity index (χ3n) is 5.43. The van der Waals surface area contributed by atoms with Crippen LogP contribution >= 0.6 is 0 Å². The molecule has 0 atom stereocenters. The molecular weight excluding hydrogens is 331 g/mol. The Bertz CT molecular complexity index is 414. The van der Waals surface area contributed by atoms with Gasteiger partial charge >= 0.3 is 12.1 Å². The molecule has 2 saturated carbocycles. The normalized spacial score (nSPS) is 32.4. The van der Waals surface area contributed by atoms with Crippen LogP contribution in [0.15, 0.2) is 0 Å². The molecule has 0 amide bonds. The van der Waals surface area contributed by atoms with E-state index >= 15 is 0 Å². The molecule has 2 rings (SSSR count). The Morgan fingerprint density at radius 1 is 0.875 bits per heavy atom. The van der Waals surface area contributed by atoms with Crippen molar-refractivity contribution in [1.82, 2.24) is 0 Å². The fourth-order valence-electron chi connectivity index (χ4n) is 4.27. The highest BCUT2D eigenvalue weighted by Crippen LogP contribution is 2.42. The molecule has 0 N–H and O–H groups in total. The first-order valence-electron chi connectivity index (χ1n) is 8.70. The van der Waals surface area contributed by atoms with Crippen molar-refractivity contribution in [3.63, 3.8) is 0 Å². The smallest absolute Gasteiger partial charge is 0.456 e. The van der Waals surface area contributed by atoms with Gasteiger partial charge in [0, 0.05) is 6.42 Å². The predicted molar refractivity (Wildman–Crippen MR) is 78.6 cm³/mol. The molecule has 2 aliphatic rings. The van der Waals surface area contributed by atoms with Gasteiger partial charge in [0.2, 0.25) is 5.92 Å². The van der Waals surface area contributed by atoms with Gasteiger partial charge in [-0.05, 0) is 76.0 Å². The molecule has 0 spiro atoms. The van der Waals surface area contributed by atoms with Crippen molar-refractivity contribution in [1.29, 1.82) is 0 Å². The quantitative estimate of drug-likeness (QED) is 0.491. The summed E-state index contributed by atoms with van der Waals surface area (Å²) < 4.78 is 67.2. The number of alkyl halides is 5. The number of rotatable bonds is 4. The molecule has 0 unspecified atom stereocenters. The number of carbonyl (C=O) groups is 1. The lowest BCUT2D eigenvalue weighted by molar-refractivity contribution is -0.206. The van der Waals surface area contributed by atoms with Crippen LogP contribution < -0.4 is 0 Å². The van der Waals surface area contributed by atoms with E-state index in [1.165, 1.54) is 0 Å². The maximum Gasteiger partial charge on any atom is 0.490 e. The molecule has 140 valence electrons. The summed E-state index contributed by atoms with van der Waals surface area (Å²) in [5.74, 6) is -3.77. The van der Waals surface area contributed by atoms with E-state index in [-0.39, 0.29) is 12.3 Å². The van der Waals surface area contributed by atoms with Gasteiger partial charge in [0.15, 0.2) is 0 Å². The summed E-state index contributed by atoms with van der Waals surface area (Å²) in [6.45, 7) is 0.961. The molecule has 0 aliphatic heterocycles. The zero-order chi connectivity index (χ0) is 18.0. The van der Waals surface area contributed by atoms with Crippen LogP contribution in [0.4, 0.5) is 22.0 Å². The van der Waals surface area contributed by atoms with Crippen LogP contribution in [-0.4, -0.2) is 24.2 Å². The van der Waals surface area contributed by atoms with Gasteiger partial charge in [0.1, 0.15) is 6.10 Å². The van der Waals surface area contributed by atoms with Gasteiger partial charge in [0.05, 0.1) is 0 Å². The molecule has 0 radical (unpaired) electrons. The van der Waals surface area contributed by atoms with E-state index in [0.29, 0.717) is 24.7 Å². The highest BCUT2D eigenvalue weighted by molar-refractivity contribution is 5.75. The van der Waals surface area contributed by atoms with E-state index < -0.39 is 24.2 Å². The van der Waals surface area contributed by atoms with Crippen molar-refractivity contribution in [2.45, 2.75) is 82.9 Å². The van der Waals surface area contributed by atoms with Crippen molar-refractivity contribution in [2.24, 2.45) is 17.8 Å². The second-order valence-electron chi connectivity index (χ2n) is 7.49. The maximum atomic E-state index is 13.1. The molecule has 0 heterocycles. The molecule has 0 aromatic rings. The third-order valence-corrected chi connectivity index (χ3v) is 5.43. The summed E-state index contributed by atoms with van der Waals surface area (Å²) in [4.78, 5) is 10.9. The minimum Gasteiger partial charge on any atom is -0.456 e. The monoisotopic (exact) mass is 356 g/mol. The van der Waals surface area contributed by atoms with Gasteiger partial charge in [-0.15, -0.1) is 0 Å². The number of halogens is 5. The minimum absolute atomic E-state index is 0.0557. The van der Waals surface area contributed by atoms with Crippen LogP contribution in [0, 0.1) is 17.8 Å². The van der Waals surface area contributed by atoms with Crippen LogP contribution in [-0.2, 0) is 9.53 Å². The summed E-state index contributed by atoms with van der Waals surface area (Å²) in [6.07, 6.45) is 0.204. The van der Waals surface area contributed by atoms with Crippen molar-refractivity contribution in [3.05, 3.63) is 0 Å². The fraction of sp³-hybridized carbons (Fsp3) is 0.941.